The average Bonchev–Trinajstić information content (AvgIpc) is 3.36. The topological polar surface area (TPSA) is 123 Å². The van der Waals surface area contributed by atoms with Gasteiger partial charge in [0, 0.05) is 13.1 Å². The monoisotopic (exact) mass is 540 g/mol. The molecular weight excluding hydrogens is 511 g/mol. The Bertz CT molecular complexity index is 1590. The fraction of sp³-hybridized carbons (Fsp3) is 0.222. The Labute approximate surface area is 221 Å². The highest BCUT2D eigenvalue weighted by atomic mass is 32.2. The second kappa shape index (κ2) is 10.6. The number of rotatable bonds is 8. The van der Waals surface area contributed by atoms with E-state index in [1.807, 2.05) is 51.5 Å². The van der Waals surface area contributed by atoms with E-state index in [0.717, 1.165) is 16.7 Å². The summed E-state index contributed by atoms with van der Waals surface area (Å²) in [5.41, 5.74) is 3.17. The van der Waals surface area contributed by atoms with Crippen molar-refractivity contribution in [1.29, 1.82) is 0 Å². The van der Waals surface area contributed by atoms with Crippen molar-refractivity contribution in [3.63, 3.8) is 0 Å². The summed E-state index contributed by atoms with van der Waals surface area (Å²) < 4.78 is 53.4. The van der Waals surface area contributed by atoms with Gasteiger partial charge in [-0.15, -0.1) is 0 Å². The van der Waals surface area contributed by atoms with Crippen molar-refractivity contribution in [2.75, 3.05) is 0 Å². The number of hydrogen-bond acceptors (Lipinski definition) is 7. The molecule has 0 aliphatic rings. The summed E-state index contributed by atoms with van der Waals surface area (Å²) in [6, 6.07) is 12.1. The second-order valence-corrected chi connectivity index (χ2v) is 10.7. The first-order valence-electron chi connectivity index (χ1n) is 11.7. The van der Waals surface area contributed by atoms with Gasteiger partial charge in [-0.1, -0.05) is 17.7 Å². The smallest absolute Gasteiger partial charge is 0.281 e. The summed E-state index contributed by atoms with van der Waals surface area (Å²) >= 11 is 0. The number of nitrogens with zero attached hydrogens (tertiary/aromatic N) is 2. The minimum absolute atomic E-state index is 0. The van der Waals surface area contributed by atoms with Crippen molar-refractivity contribution < 1.29 is 28.5 Å². The first-order chi connectivity index (χ1) is 17.9. The predicted octanol–water partition coefficient (Wildman–Crippen LogP) is 5.48. The molecule has 4 aromatic rings. The van der Waals surface area contributed by atoms with Gasteiger partial charge in [-0.2, -0.15) is 13.5 Å². The highest BCUT2D eigenvalue weighted by Crippen LogP contribution is 2.33. The number of halogens is 1. The quantitative estimate of drug-likeness (QED) is 0.303. The molecule has 0 bridgehead atoms. The zero-order chi connectivity index (χ0) is 27.6. The molecule has 0 aliphatic carbocycles. The predicted molar refractivity (Wildman–Crippen MR) is 141 cm³/mol. The molecule has 38 heavy (non-hydrogen) atoms. The molecule has 0 aliphatic heterocycles. The molecule has 0 saturated carbocycles. The Kier molecular flexibility index (Phi) is 7.49. The van der Waals surface area contributed by atoms with E-state index < -0.39 is 21.7 Å². The molecule has 200 valence electrons. The SMILES string of the molecule is Cc1cc(C)c(Oc2nc(-c3cc(F)cc(OC(C)C)c3)ccc2C(=O)NS(=O)(=O)c2ccn[nH]2)c(C)c1.[HH]. The number of H-pyrrole nitrogens is 1. The van der Waals surface area contributed by atoms with Crippen LogP contribution >= 0.6 is 0 Å². The molecule has 4 rings (SSSR count). The maximum absolute atomic E-state index is 14.4. The fourth-order valence-corrected chi connectivity index (χ4v) is 4.83. The van der Waals surface area contributed by atoms with Crippen molar-refractivity contribution in [3.05, 3.63) is 82.8 Å². The van der Waals surface area contributed by atoms with Crippen LogP contribution in [-0.4, -0.2) is 35.6 Å². The zero-order valence-corrected chi connectivity index (χ0v) is 22.3. The van der Waals surface area contributed by atoms with Crippen LogP contribution in [0.4, 0.5) is 4.39 Å². The molecule has 0 fully saturated rings. The first-order valence-corrected chi connectivity index (χ1v) is 13.2. The van der Waals surface area contributed by atoms with Gasteiger partial charge in [0.25, 0.3) is 15.9 Å². The summed E-state index contributed by atoms with van der Waals surface area (Å²) in [6.07, 6.45) is 1.08. The summed E-state index contributed by atoms with van der Waals surface area (Å²) in [4.78, 5) is 17.6. The normalized spacial score (nSPS) is 11.4. The Balaban J connectivity index is 0.00000420. The number of carbonyl (C=O) groups excluding carboxylic acids is 1. The van der Waals surface area contributed by atoms with E-state index in [9.17, 15) is 17.6 Å². The highest BCUT2D eigenvalue weighted by molar-refractivity contribution is 7.90. The molecule has 2 N–H and O–H groups in total. The summed E-state index contributed by atoms with van der Waals surface area (Å²) in [7, 11) is -4.23. The molecule has 0 spiro atoms. The van der Waals surface area contributed by atoms with Crippen LogP contribution in [0.2, 0.25) is 0 Å². The molecule has 2 heterocycles. The van der Waals surface area contributed by atoms with Gasteiger partial charge in [-0.3, -0.25) is 9.89 Å². The Hall–Kier alpha value is -4.25. The third kappa shape index (κ3) is 6.00. The Morgan fingerprint density at radius 1 is 1.05 bits per heavy atom. The molecule has 0 atom stereocenters. The minimum atomic E-state index is -4.23. The number of nitrogens with one attached hydrogen (secondary N) is 2. The lowest BCUT2D eigenvalue weighted by atomic mass is 10.1. The third-order valence-electron chi connectivity index (χ3n) is 5.44. The van der Waals surface area contributed by atoms with E-state index in [4.69, 9.17) is 9.47 Å². The molecule has 1 amide bonds. The first kappa shape index (κ1) is 26.8. The van der Waals surface area contributed by atoms with Crippen LogP contribution in [0.15, 0.2) is 59.8 Å². The number of aromatic nitrogens is 3. The van der Waals surface area contributed by atoms with Crippen LogP contribution in [0.5, 0.6) is 17.4 Å². The van der Waals surface area contributed by atoms with Crippen LogP contribution in [0.1, 0.15) is 42.3 Å². The summed E-state index contributed by atoms with van der Waals surface area (Å²) in [5, 5.41) is 5.65. The van der Waals surface area contributed by atoms with Crippen LogP contribution in [-0.2, 0) is 10.0 Å². The van der Waals surface area contributed by atoms with Crippen LogP contribution < -0.4 is 14.2 Å². The largest absolute Gasteiger partial charge is 0.491 e. The molecule has 2 aromatic carbocycles. The van der Waals surface area contributed by atoms with Gasteiger partial charge in [-0.25, -0.2) is 14.1 Å². The molecule has 2 aromatic heterocycles. The number of aromatic amines is 1. The summed E-state index contributed by atoms with van der Waals surface area (Å²) in [6.45, 7) is 9.30. The lowest BCUT2D eigenvalue weighted by Crippen LogP contribution is -2.31. The van der Waals surface area contributed by atoms with Gasteiger partial charge in [-0.05, 0) is 76.1 Å². The van der Waals surface area contributed by atoms with Crippen LogP contribution in [0, 0.1) is 26.6 Å². The van der Waals surface area contributed by atoms with Crippen molar-refractivity contribution in [2.45, 2.75) is 45.7 Å². The number of aryl methyl sites for hydroxylation is 3. The molecular formula is C27H29FN4O5S. The van der Waals surface area contributed by atoms with E-state index >= 15 is 0 Å². The fourth-order valence-electron chi connectivity index (χ4n) is 3.95. The highest BCUT2D eigenvalue weighted by Gasteiger charge is 2.24. The number of benzene rings is 2. The van der Waals surface area contributed by atoms with E-state index in [1.165, 1.54) is 36.5 Å². The van der Waals surface area contributed by atoms with Gasteiger partial charge in [0.2, 0.25) is 5.88 Å². The van der Waals surface area contributed by atoms with Gasteiger partial charge in [0.1, 0.15) is 22.9 Å². The number of hydrogen-bond donors (Lipinski definition) is 2. The zero-order valence-electron chi connectivity index (χ0n) is 21.5. The maximum atomic E-state index is 14.4. The van der Waals surface area contributed by atoms with Gasteiger partial charge < -0.3 is 9.47 Å². The number of ether oxygens (including phenoxy) is 2. The molecule has 0 saturated heterocycles. The van der Waals surface area contributed by atoms with E-state index in [1.54, 1.807) is 6.07 Å². The van der Waals surface area contributed by atoms with E-state index in [0.29, 0.717) is 22.8 Å². The van der Waals surface area contributed by atoms with Crippen molar-refractivity contribution in [1.82, 2.24) is 19.9 Å². The van der Waals surface area contributed by atoms with Crippen molar-refractivity contribution >= 4 is 15.9 Å². The minimum Gasteiger partial charge on any atom is -0.491 e. The molecule has 0 radical (unpaired) electrons. The van der Waals surface area contributed by atoms with E-state index in [2.05, 4.69) is 15.2 Å². The van der Waals surface area contributed by atoms with Crippen LogP contribution in [0.25, 0.3) is 11.3 Å². The molecule has 11 heteroatoms. The Morgan fingerprint density at radius 2 is 1.76 bits per heavy atom. The second-order valence-electron chi connectivity index (χ2n) is 9.08. The molecule has 9 nitrogen and oxygen atoms in total. The summed E-state index contributed by atoms with van der Waals surface area (Å²) in [5.74, 6) is -0.851. The van der Waals surface area contributed by atoms with Crippen molar-refractivity contribution in [3.8, 4) is 28.6 Å². The van der Waals surface area contributed by atoms with Crippen molar-refractivity contribution in [2.24, 2.45) is 0 Å². The molecule has 0 unspecified atom stereocenters. The number of carbonyl (C=O) groups is 1. The lowest BCUT2D eigenvalue weighted by molar-refractivity contribution is 0.0978. The maximum Gasteiger partial charge on any atom is 0.281 e. The standard InChI is InChI=1S/C27H27FN4O5S.H2/c1-15(2)36-21-13-19(12-20(28)14-21)23-7-6-22(26(33)32-38(34,35)24-8-9-29-31-24)27(30-23)37-25-17(4)10-16(3)11-18(25)5;/h6-15H,1-5H3,(H,29,31)(H,32,33);1H. The number of sulfonamides is 1. The van der Waals surface area contributed by atoms with Crippen LogP contribution in [0.3, 0.4) is 0 Å². The number of amides is 1. The Morgan fingerprint density at radius 3 is 2.39 bits per heavy atom. The van der Waals surface area contributed by atoms with E-state index in [-0.39, 0.29) is 24.0 Å². The van der Waals surface area contributed by atoms with Gasteiger partial charge in [0.15, 0.2) is 5.03 Å². The lowest BCUT2D eigenvalue weighted by Gasteiger charge is -2.16. The third-order valence-corrected chi connectivity index (χ3v) is 6.70. The van der Waals surface area contributed by atoms with Gasteiger partial charge in [0.05, 0.1) is 18.0 Å². The average molecular weight is 541 g/mol. The number of pyridine rings is 1. The van der Waals surface area contributed by atoms with Gasteiger partial charge >= 0.3 is 0 Å².